The van der Waals surface area contributed by atoms with Gasteiger partial charge in [0.05, 0.1) is 53.9 Å². The highest BCUT2D eigenvalue weighted by atomic mass is 16.5. The maximum Gasteiger partial charge on any atom is 0.203 e. The van der Waals surface area contributed by atoms with Gasteiger partial charge < -0.3 is 38.6 Å². The summed E-state index contributed by atoms with van der Waals surface area (Å²) in [5.41, 5.74) is 3.37. The summed E-state index contributed by atoms with van der Waals surface area (Å²) in [6.45, 7) is 2.64. The van der Waals surface area contributed by atoms with Gasteiger partial charge in [0.1, 0.15) is 0 Å². The summed E-state index contributed by atoms with van der Waals surface area (Å²) < 4.78 is 33.6. The summed E-state index contributed by atoms with van der Waals surface area (Å²) in [4.78, 5) is 9.51. The third-order valence-corrected chi connectivity index (χ3v) is 8.49. The third kappa shape index (κ3) is 5.94. The second-order valence-corrected chi connectivity index (χ2v) is 10.8. The number of dihydropyridines is 1. The van der Waals surface area contributed by atoms with Crippen molar-refractivity contribution in [3.05, 3.63) is 72.6 Å². The number of likely N-dealkylation sites (tertiary alicyclic amines) is 1. The molecule has 0 bridgehead atoms. The van der Waals surface area contributed by atoms with Gasteiger partial charge in [-0.1, -0.05) is 12.2 Å². The van der Waals surface area contributed by atoms with Crippen LogP contribution in [0, 0.1) is 0 Å². The first-order chi connectivity index (χ1) is 21.4. The first-order valence-corrected chi connectivity index (χ1v) is 14.5. The van der Waals surface area contributed by atoms with E-state index in [9.17, 15) is 0 Å². The number of methoxy groups -OCH3 is 6. The highest BCUT2D eigenvalue weighted by molar-refractivity contribution is 5.71. The summed E-state index contributed by atoms with van der Waals surface area (Å²) in [7, 11) is 11.9. The van der Waals surface area contributed by atoms with Gasteiger partial charge in [-0.3, -0.25) is 9.88 Å². The Morgan fingerprint density at radius 2 is 1.45 bits per heavy atom. The average Bonchev–Trinajstić information content (AvgIpc) is 3.54. The van der Waals surface area contributed by atoms with Gasteiger partial charge in [-0.25, -0.2) is 0 Å². The molecule has 2 atom stereocenters. The smallest absolute Gasteiger partial charge is 0.203 e. The van der Waals surface area contributed by atoms with E-state index in [0.717, 1.165) is 48.6 Å². The van der Waals surface area contributed by atoms with Crippen LogP contribution in [0.3, 0.4) is 0 Å². The Bertz CT molecular complexity index is 1480. The van der Waals surface area contributed by atoms with Crippen LogP contribution in [0.5, 0.6) is 34.5 Å². The molecule has 0 spiro atoms. The summed E-state index contributed by atoms with van der Waals surface area (Å²) in [5.74, 6) is 3.58. The van der Waals surface area contributed by atoms with E-state index in [1.807, 2.05) is 42.7 Å². The lowest BCUT2D eigenvalue weighted by Crippen LogP contribution is -2.48. The van der Waals surface area contributed by atoms with Gasteiger partial charge in [-0.2, -0.15) is 0 Å². The van der Waals surface area contributed by atoms with Crippen molar-refractivity contribution >= 4 is 5.69 Å². The van der Waals surface area contributed by atoms with Crippen molar-refractivity contribution in [2.24, 2.45) is 0 Å². The van der Waals surface area contributed by atoms with Crippen molar-refractivity contribution in [2.75, 3.05) is 74.2 Å². The van der Waals surface area contributed by atoms with Crippen molar-refractivity contribution in [2.45, 2.75) is 18.0 Å². The Hall–Kier alpha value is -4.57. The van der Waals surface area contributed by atoms with Crippen LogP contribution in [0.25, 0.3) is 11.3 Å². The molecule has 2 aliphatic rings. The molecule has 5 rings (SSSR count). The Morgan fingerprint density at radius 3 is 2.00 bits per heavy atom. The van der Waals surface area contributed by atoms with Gasteiger partial charge in [0, 0.05) is 50.2 Å². The maximum absolute atomic E-state index is 5.68. The summed E-state index contributed by atoms with van der Waals surface area (Å²) in [6.07, 6.45) is 11.2. The largest absolute Gasteiger partial charge is 0.493 e. The fraction of sp³-hybridized carbons (Fsp3) is 0.382. The van der Waals surface area contributed by atoms with Crippen LogP contribution in [0.4, 0.5) is 5.69 Å². The SMILES string of the molecule is COc1cc(-c2cc(N(C)[C@H]3CCN(CC4(c5cc(OC)c(OC)c(OC)c5)C=CC=CN4)C3)ccn2)cc(OC)c1OC. The fourth-order valence-electron chi connectivity index (χ4n) is 6.09. The van der Waals surface area contributed by atoms with Crippen molar-refractivity contribution < 1.29 is 28.4 Å². The van der Waals surface area contributed by atoms with Gasteiger partial charge in [0.2, 0.25) is 11.5 Å². The topological polar surface area (TPSA) is 86.8 Å². The minimum absolute atomic E-state index is 0.324. The van der Waals surface area contributed by atoms with Crippen molar-refractivity contribution in [3.63, 3.8) is 0 Å². The summed E-state index contributed by atoms with van der Waals surface area (Å²) in [6, 6.07) is 12.4. The molecule has 2 aliphatic heterocycles. The fourth-order valence-corrected chi connectivity index (χ4v) is 6.09. The number of hydrogen-bond donors (Lipinski definition) is 1. The highest BCUT2D eigenvalue weighted by Gasteiger charge is 2.37. The normalized spacial score (nSPS) is 19.3. The lowest BCUT2D eigenvalue weighted by molar-refractivity contribution is 0.253. The molecule has 1 unspecified atom stereocenters. The van der Waals surface area contributed by atoms with E-state index in [1.54, 1.807) is 42.7 Å². The van der Waals surface area contributed by atoms with E-state index in [1.165, 1.54) is 0 Å². The van der Waals surface area contributed by atoms with Gasteiger partial charge >= 0.3 is 0 Å². The number of nitrogens with one attached hydrogen (secondary N) is 1. The van der Waals surface area contributed by atoms with Gasteiger partial charge in [0.25, 0.3) is 0 Å². The summed E-state index contributed by atoms with van der Waals surface area (Å²) >= 11 is 0. The van der Waals surface area contributed by atoms with E-state index in [0.29, 0.717) is 40.5 Å². The molecule has 0 aliphatic carbocycles. The number of pyridine rings is 1. The Balaban J connectivity index is 1.37. The molecule has 1 fully saturated rings. The second-order valence-electron chi connectivity index (χ2n) is 10.8. The molecule has 0 radical (unpaired) electrons. The van der Waals surface area contributed by atoms with E-state index in [2.05, 4.69) is 51.4 Å². The molecular formula is C34H42N4O6. The third-order valence-electron chi connectivity index (χ3n) is 8.49. The van der Waals surface area contributed by atoms with Crippen LogP contribution in [0.15, 0.2) is 67.0 Å². The van der Waals surface area contributed by atoms with E-state index in [-0.39, 0.29) is 0 Å². The second kappa shape index (κ2) is 13.4. The average molecular weight is 603 g/mol. The van der Waals surface area contributed by atoms with Crippen molar-refractivity contribution in [1.29, 1.82) is 0 Å². The minimum Gasteiger partial charge on any atom is -0.493 e. The zero-order valence-electron chi connectivity index (χ0n) is 26.5. The monoisotopic (exact) mass is 602 g/mol. The number of likely N-dealkylation sites (N-methyl/N-ethyl adjacent to an activating group) is 1. The maximum atomic E-state index is 5.68. The van der Waals surface area contributed by atoms with E-state index in [4.69, 9.17) is 28.4 Å². The molecule has 44 heavy (non-hydrogen) atoms. The molecule has 1 N–H and O–H groups in total. The Kier molecular flexibility index (Phi) is 9.39. The molecule has 1 saturated heterocycles. The number of benzene rings is 2. The van der Waals surface area contributed by atoms with E-state index >= 15 is 0 Å². The molecule has 1 aromatic heterocycles. The molecule has 10 heteroatoms. The Labute approximate surface area is 259 Å². The zero-order chi connectivity index (χ0) is 31.3. The lowest BCUT2D eigenvalue weighted by Gasteiger charge is -2.38. The van der Waals surface area contributed by atoms with E-state index < -0.39 is 5.54 Å². The molecule has 0 amide bonds. The zero-order valence-corrected chi connectivity index (χ0v) is 26.5. The van der Waals surface area contributed by atoms with Crippen molar-refractivity contribution in [3.8, 4) is 45.8 Å². The minimum atomic E-state index is -0.467. The van der Waals surface area contributed by atoms with Crippen LogP contribution < -0.4 is 38.6 Å². The lowest BCUT2D eigenvalue weighted by atomic mass is 9.87. The van der Waals surface area contributed by atoms with Crippen LogP contribution in [-0.4, -0.2) is 85.3 Å². The standard InChI is InChI=1S/C34H42N4O6/c1-37(25-10-14-35-27(20-25)23-16-28(39-2)32(43-6)29(17-23)40-3)26-11-15-38(21-26)22-34(12-8-9-13-36-34)24-18-30(41-4)33(44-7)31(19-24)42-5/h8-10,12-14,16-20,26,36H,11,15,21-22H2,1-7H3/t26-,34?/m0/s1. The molecule has 10 nitrogen and oxygen atoms in total. The van der Waals surface area contributed by atoms with Gasteiger partial charge in [-0.15, -0.1) is 0 Å². The predicted octanol–water partition coefficient (Wildman–Crippen LogP) is 4.88. The molecule has 3 aromatic rings. The predicted molar refractivity (Wildman–Crippen MR) is 172 cm³/mol. The molecule has 0 saturated carbocycles. The number of rotatable bonds is 12. The summed E-state index contributed by atoms with van der Waals surface area (Å²) in [5, 5.41) is 3.63. The Morgan fingerprint density at radius 1 is 0.841 bits per heavy atom. The van der Waals surface area contributed by atoms with Crippen LogP contribution in [-0.2, 0) is 5.54 Å². The number of allylic oxidation sites excluding steroid dienone is 2. The number of hydrogen-bond acceptors (Lipinski definition) is 10. The van der Waals surface area contributed by atoms with Crippen LogP contribution >= 0.6 is 0 Å². The van der Waals surface area contributed by atoms with Gasteiger partial charge in [-0.05, 0) is 60.7 Å². The molecule has 3 heterocycles. The van der Waals surface area contributed by atoms with Crippen molar-refractivity contribution in [1.82, 2.24) is 15.2 Å². The number of nitrogens with zero attached hydrogens (tertiary/aromatic N) is 3. The van der Waals surface area contributed by atoms with Crippen LogP contribution in [0.2, 0.25) is 0 Å². The first-order valence-electron chi connectivity index (χ1n) is 14.5. The molecule has 234 valence electrons. The van der Waals surface area contributed by atoms with Gasteiger partial charge in [0.15, 0.2) is 23.0 Å². The van der Waals surface area contributed by atoms with Crippen LogP contribution in [0.1, 0.15) is 12.0 Å². The number of aromatic nitrogens is 1. The number of anilines is 1. The first kappa shape index (κ1) is 30.9. The molecular weight excluding hydrogens is 560 g/mol. The molecule has 2 aromatic carbocycles. The number of ether oxygens (including phenoxy) is 6. The highest BCUT2D eigenvalue weighted by Crippen LogP contribution is 2.43. The quantitative estimate of drug-likeness (QED) is 0.310.